The summed E-state index contributed by atoms with van der Waals surface area (Å²) >= 11 is 0. The molecule has 0 aromatic rings. The number of carbonyl (C=O) groups is 1. The predicted octanol–water partition coefficient (Wildman–Crippen LogP) is 1.85. The van der Waals surface area contributed by atoms with E-state index in [0.717, 1.165) is 58.7 Å². The van der Waals surface area contributed by atoms with E-state index in [2.05, 4.69) is 29.0 Å². The van der Waals surface area contributed by atoms with Crippen molar-refractivity contribution < 1.29 is 4.79 Å². The van der Waals surface area contributed by atoms with Crippen LogP contribution < -0.4 is 5.32 Å². The lowest BCUT2D eigenvalue weighted by molar-refractivity contribution is 0.123. The Morgan fingerprint density at radius 3 is 2.14 bits per heavy atom. The molecule has 0 aromatic carbocycles. The summed E-state index contributed by atoms with van der Waals surface area (Å²) in [7, 11) is 0. The van der Waals surface area contributed by atoms with E-state index in [9.17, 15) is 4.79 Å². The Morgan fingerprint density at radius 2 is 1.55 bits per heavy atom. The average Bonchev–Trinajstić information content (AvgIpc) is 2.82. The van der Waals surface area contributed by atoms with Crippen molar-refractivity contribution in [2.75, 3.05) is 58.9 Å². The fourth-order valence-corrected chi connectivity index (χ4v) is 3.44. The van der Waals surface area contributed by atoms with Crippen molar-refractivity contribution in [2.24, 2.45) is 5.92 Å². The van der Waals surface area contributed by atoms with Gasteiger partial charge in [0.2, 0.25) is 0 Å². The third-order valence-corrected chi connectivity index (χ3v) is 4.98. The van der Waals surface area contributed by atoms with Crippen molar-refractivity contribution in [2.45, 2.75) is 39.5 Å². The molecule has 2 saturated heterocycles. The lowest BCUT2D eigenvalue weighted by Crippen LogP contribution is -2.48. The second-order valence-corrected chi connectivity index (χ2v) is 6.93. The van der Waals surface area contributed by atoms with E-state index >= 15 is 0 Å². The van der Waals surface area contributed by atoms with Crippen molar-refractivity contribution in [1.82, 2.24) is 20.0 Å². The summed E-state index contributed by atoms with van der Waals surface area (Å²) < 4.78 is 0. The average molecular weight is 310 g/mol. The Morgan fingerprint density at radius 1 is 0.955 bits per heavy atom. The van der Waals surface area contributed by atoms with E-state index < -0.39 is 0 Å². The number of piperazine rings is 1. The number of urea groups is 1. The van der Waals surface area contributed by atoms with Crippen molar-refractivity contribution in [3.8, 4) is 0 Å². The van der Waals surface area contributed by atoms with Crippen LogP contribution in [0.5, 0.6) is 0 Å². The molecule has 2 aliphatic heterocycles. The molecule has 0 aromatic heterocycles. The second-order valence-electron chi connectivity index (χ2n) is 6.93. The van der Waals surface area contributed by atoms with Gasteiger partial charge in [0.05, 0.1) is 0 Å². The standard InChI is InChI=1S/C17H34N4O/c1-3-19-10-12-20(13-11-19)15-16(2)14-18-17(22)21-8-6-4-5-7-9-21/h16H,3-15H2,1-2H3,(H,18,22)/t16-/m0/s1. The Kier molecular flexibility index (Phi) is 7.46. The molecule has 5 nitrogen and oxygen atoms in total. The maximum Gasteiger partial charge on any atom is 0.317 e. The molecule has 0 spiro atoms. The van der Waals surface area contributed by atoms with Crippen LogP contribution in [0.2, 0.25) is 0 Å². The predicted molar refractivity (Wildman–Crippen MR) is 91.2 cm³/mol. The van der Waals surface area contributed by atoms with Crippen LogP contribution in [0.3, 0.4) is 0 Å². The molecule has 0 saturated carbocycles. The highest BCUT2D eigenvalue weighted by molar-refractivity contribution is 5.74. The summed E-state index contributed by atoms with van der Waals surface area (Å²) in [6, 6.07) is 0.143. The second kappa shape index (κ2) is 9.36. The van der Waals surface area contributed by atoms with Crippen LogP contribution in [0.15, 0.2) is 0 Å². The molecule has 2 aliphatic rings. The van der Waals surface area contributed by atoms with Crippen molar-refractivity contribution in [1.29, 1.82) is 0 Å². The minimum Gasteiger partial charge on any atom is -0.338 e. The number of nitrogens with one attached hydrogen (secondary N) is 1. The molecule has 22 heavy (non-hydrogen) atoms. The third kappa shape index (κ3) is 5.76. The molecule has 2 fully saturated rings. The van der Waals surface area contributed by atoms with Gasteiger partial charge in [0.25, 0.3) is 0 Å². The molecule has 1 atom stereocenters. The maximum absolute atomic E-state index is 12.2. The largest absolute Gasteiger partial charge is 0.338 e. The van der Waals surface area contributed by atoms with Crippen molar-refractivity contribution in [3.63, 3.8) is 0 Å². The lowest BCUT2D eigenvalue weighted by Gasteiger charge is -2.35. The summed E-state index contributed by atoms with van der Waals surface area (Å²) in [5.41, 5.74) is 0. The number of hydrogen-bond donors (Lipinski definition) is 1. The molecule has 128 valence electrons. The van der Waals surface area contributed by atoms with E-state index in [1.54, 1.807) is 0 Å². The summed E-state index contributed by atoms with van der Waals surface area (Å²) in [5.74, 6) is 0.518. The zero-order valence-electron chi connectivity index (χ0n) is 14.5. The van der Waals surface area contributed by atoms with Crippen molar-refractivity contribution >= 4 is 6.03 Å². The van der Waals surface area contributed by atoms with Gasteiger partial charge in [-0.1, -0.05) is 26.7 Å². The van der Waals surface area contributed by atoms with Gasteiger partial charge in [0.1, 0.15) is 0 Å². The first kappa shape index (κ1) is 17.5. The lowest BCUT2D eigenvalue weighted by atomic mass is 10.1. The minimum absolute atomic E-state index is 0.143. The Labute approximate surface area is 136 Å². The van der Waals surface area contributed by atoms with E-state index in [1.807, 2.05) is 4.90 Å². The van der Waals surface area contributed by atoms with Crippen LogP contribution in [-0.2, 0) is 0 Å². The first-order valence-corrected chi connectivity index (χ1v) is 9.16. The highest BCUT2D eigenvalue weighted by atomic mass is 16.2. The number of carbonyl (C=O) groups excluding carboxylic acids is 1. The summed E-state index contributed by atoms with van der Waals surface area (Å²) in [4.78, 5) is 19.3. The molecule has 0 aliphatic carbocycles. The molecular weight excluding hydrogens is 276 g/mol. The van der Waals surface area contributed by atoms with Gasteiger partial charge in [-0.05, 0) is 25.3 Å². The fraction of sp³-hybridized carbons (Fsp3) is 0.941. The number of likely N-dealkylation sites (N-methyl/N-ethyl adjacent to an activating group) is 1. The Hall–Kier alpha value is -0.810. The van der Waals surface area contributed by atoms with Crippen LogP contribution in [-0.4, -0.2) is 79.6 Å². The molecule has 2 heterocycles. The molecule has 0 unspecified atom stereocenters. The van der Waals surface area contributed by atoms with Gasteiger partial charge in [0.15, 0.2) is 0 Å². The van der Waals surface area contributed by atoms with Gasteiger partial charge in [-0.25, -0.2) is 4.79 Å². The first-order valence-electron chi connectivity index (χ1n) is 9.16. The molecule has 1 N–H and O–H groups in total. The van der Waals surface area contributed by atoms with Crippen LogP contribution in [0, 0.1) is 5.92 Å². The third-order valence-electron chi connectivity index (χ3n) is 4.98. The van der Waals surface area contributed by atoms with Crippen molar-refractivity contribution in [3.05, 3.63) is 0 Å². The number of amides is 2. The van der Waals surface area contributed by atoms with E-state index in [-0.39, 0.29) is 6.03 Å². The minimum atomic E-state index is 0.143. The number of hydrogen-bond acceptors (Lipinski definition) is 3. The quantitative estimate of drug-likeness (QED) is 0.842. The Bertz CT molecular complexity index is 321. The summed E-state index contributed by atoms with van der Waals surface area (Å²) in [5, 5.41) is 3.14. The number of rotatable bonds is 5. The molecule has 0 bridgehead atoms. The van der Waals surface area contributed by atoms with E-state index in [4.69, 9.17) is 0 Å². The van der Waals surface area contributed by atoms with Gasteiger partial charge >= 0.3 is 6.03 Å². The van der Waals surface area contributed by atoms with Crippen LogP contribution >= 0.6 is 0 Å². The van der Waals surface area contributed by atoms with E-state index in [1.165, 1.54) is 25.9 Å². The Balaban J connectivity index is 1.62. The van der Waals surface area contributed by atoms with Gasteiger partial charge in [-0.2, -0.15) is 0 Å². The topological polar surface area (TPSA) is 38.8 Å². The first-order chi connectivity index (χ1) is 10.7. The van der Waals surface area contributed by atoms with Gasteiger partial charge in [-0.3, -0.25) is 0 Å². The SMILES string of the molecule is CCN1CCN(C[C@@H](C)CNC(=O)N2CCCCCC2)CC1. The highest BCUT2D eigenvalue weighted by Gasteiger charge is 2.19. The van der Waals surface area contributed by atoms with E-state index in [0.29, 0.717) is 5.92 Å². The molecule has 0 radical (unpaired) electrons. The van der Waals surface area contributed by atoms with Gasteiger partial charge in [-0.15, -0.1) is 0 Å². The maximum atomic E-state index is 12.2. The summed E-state index contributed by atoms with van der Waals surface area (Å²) in [6.07, 6.45) is 4.85. The molecule has 2 amide bonds. The smallest absolute Gasteiger partial charge is 0.317 e. The normalized spacial score (nSPS) is 23.1. The highest BCUT2D eigenvalue weighted by Crippen LogP contribution is 2.10. The van der Waals surface area contributed by atoms with Crippen LogP contribution in [0.4, 0.5) is 4.79 Å². The monoisotopic (exact) mass is 310 g/mol. The summed E-state index contributed by atoms with van der Waals surface area (Å²) in [6.45, 7) is 14.1. The van der Waals surface area contributed by atoms with Gasteiger partial charge in [0, 0.05) is 52.4 Å². The molecule has 2 rings (SSSR count). The van der Waals surface area contributed by atoms with Crippen LogP contribution in [0.1, 0.15) is 39.5 Å². The zero-order chi connectivity index (χ0) is 15.8. The number of nitrogens with zero attached hydrogens (tertiary/aromatic N) is 3. The number of likely N-dealkylation sites (tertiary alicyclic amines) is 1. The molecule has 5 heteroatoms. The zero-order valence-corrected chi connectivity index (χ0v) is 14.5. The van der Waals surface area contributed by atoms with Crippen LogP contribution in [0.25, 0.3) is 0 Å². The fourth-order valence-electron chi connectivity index (χ4n) is 3.44. The van der Waals surface area contributed by atoms with Gasteiger partial charge < -0.3 is 20.0 Å². The molecular formula is C17H34N4O.